The second kappa shape index (κ2) is 4.60. The van der Waals surface area contributed by atoms with Crippen LogP contribution in [0.5, 0.6) is 0 Å². The highest BCUT2D eigenvalue weighted by atomic mass is 16.1. The van der Waals surface area contributed by atoms with Gasteiger partial charge in [-0.3, -0.25) is 4.79 Å². The summed E-state index contributed by atoms with van der Waals surface area (Å²) in [7, 11) is 0. The summed E-state index contributed by atoms with van der Waals surface area (Å²) < 4.78 is 0. The van der Waals surface area contributed by atoms with Crippen LogP contribution in [0.15, 0.2) is 30.3 Å². The van der Waals surface area contributed by atoms with Crippen molar-refractivity contribution in [1.29, 1.82) is 0 Å². The van der Waals surface area contributed by atoms with E-state index in [1.165, 1.54) is 30.2 Å². The van der Waals surface area contributed by atoms with Gasteiger partial charge in [-0.15, -0.1) is 0 Å². The molecule has 2 aromatic rings. The number of hydrogen-bond donors (Lipinski definition) is 2. The van der Waals surface area contributed by atoms with Crippen LogP contribution in [0.3, 0.4) is 0 Å². The van der Waals surface area contributed by atoms with Crippen molar-refractivity contribution in [3.05, 3.63) is 41.5 Å². The molecule has 3 nitrogen and oxygen atoms in total. The molecule has 2 aromatic carbocycles. The van der Waals surface area contributed by atoms with Gasteiger partial charge in [-0.05, 0) is 61.4 Å². The third-order valence-corrected chi connectivity index (χ3v) is 4.58. The molecule has 0 aliphatic carbocycles. The number of rotatable bonds is 1. The Hall–Kier alpha value is -1.87. The maximum atomic E-state index is 12.0. The van der Waals surface area contributed by atoms with Gasteiger partial charge in [0.2, 0.25) is 0 Å². The highest BCUT2D eigenvalue weighted by Gasteiger charge is 2.24. The Balaban J connectivity index is 1.89. The lowest BCUT2D eigenvalue weighted by Gasteiger charge is -2.17. The SMILES string of the molecule is O=C1Nc2cccc3c([C@H]4CCCNCC4)ccc1c23. The van der Waals surface area contributed by atoms with Crippen LogP contribution in [0.4, 0.5) is 5.69 Å². The van der Waals surface area contributed by atoms with Crippen molar-refractivity contribution >= 4 is 22.4 Å². The number of nitrogens with one attached hydrogen (secondary N) is 2. The van der Waals surface area contributed by atoms with Crippen molar-refractivity contribution in [3.8, 4) is 0 Å². The average molecular weight is 266 g/mol. The lowest BCUT2D eigenvalue weighted by molar-refractivity contribution is 0.103. The van der Waals surface area contributed by atoms with Crippen molar-refractivity contribution in [3.63, 3.8) is 0 Å². The van der Waals surface area contributed by atoms with Crippen LogP contribution in [0, 0.1) is 0 Å². The maximum Gasteiger partial charge on any atom is 0.256 e. The van der Waals surface area contributed by atoms with Crippen LogP contribution in [-0.2, 0) is 0 Å². The summed E-state index contributed by atoms with van der Waals surface area (Å²) in [6, 6.07) is 10.4. The third kappa shape index (κ3) is 1.74. The molecule has 0 unspecified atom stereocenters. The molecular formula is C17H18N2O. The zero-order valence-corrected chi connectivity index (χ0v) is 11.4. The first-order valence-electron chi connectivity index (χ1n) is 7.42. The molecule has 0 bridgehead atoms. The van der Waals surface area contributed by atoms with E-state index in [0.29, 0.717) is 5.92 Å². The minimum atomic E-state index is 0.0327. The molecule has 0 spiro atoms. The van der Waals surface area contributed by atoms with Gasteiger partial charge in [0.05, 0.1) is 0 Å². The Morgan fingerprint density at radius 3 is 2.95 bits per heavy atom. The topological polar surface area (TPSA) is 41.1 Å². The van der Waals surface area contributed by atoms with Crippen LogP contribution in [0.1, 0.15) is 41.1 Å². The van der Waals surface area contributed by atoms with E-state index in [1.807, 2.05) is 18.2 Å². The van der Waals surface area contributed by atoms with Gasteiger partial charge < -0.3 is 10.6 Å². The fourth-order valence-electron chi connectivity index (χ4n) is 3.60. The first kappa shape index (κ1) is 11.9. The number of hydrogen-bond acceptors (Lipinski definition) is 2. The molecule has 1 amide bonds. The van der Waals surface area contributed by atoms with E-state index < -0.39 is 0 Å². The number of carbonyl (C=O) groups excluding carboxylic acids is 1. The van der Waals surface area contributed by atoms with Crippen LogP contribution in [0.25, 0.3) is 10.8 Å². The van der Waals surface area contributed by atoms with Crippen molar-refractivity contribution < 1.29 is 4.79 Å². The monoisotopic (exact) mass is 266 g/mol. The van der Waals surface area contributed by atoms with Gasteiger partial charge in [-0.1, -0.05) is 18.2 Å². The molecule has 2 aliphatic heterocycles. The number of anilines is 1. The molecule has 2 aliphatic rings. The number of amides is 1. The van der Waals surface area contributed by atoms with Gasteiger partial charge in [0.1, 0.15) is 0 Å². The summed E-state index contributed by atoms with van der Waals surface area (Å²) in [4.78, 5) is 12.0. The summed E-state index contributed by atoms with van der Waals surface area (Å²) in [5, 5.41) is 8.81. The molecule has 0 radical (unpaired) electrons. The van der Waals surface area contributed by atoms with Gasteiger partial charge >= 0.3 is 0 Å². The molecular weight excluding hydrogens is 248 g/mol. The van der Waals surface area contributed by atoms with Gasteiger partial charge in [-0.25, -0.2) is 0 Å². The van der Waals surface area contributed by atoms with Crippen LogP contribution in [-0.4, -0.2) is 19.0 Å². The van der Waals surface area contributed by atoms with E-state index >= 15 is 0 Å². The molecule has 4 rings (SSSR count). The Morgan fingerprint density at radius 2 is 2.00 bits per heavy atom. The van der Waals surface area contributed by atoms with Crippen molar-refractivity contribution in [1.82, 2.24) is 5.32 Å². The fraction of sp³-hybridized carbons (Fsp3) is 0.353. The smallest absolute Gasteiger partial charge is 0.256 e. The number of benzene rings is 2. The summed E-state index contributed by atoms with van der Waals surface area (Å²) >= 11 is 0. The van der Waals surface area contributed by atoms with E-state index in [-0.39, 0.29) is 5.91 Å². The largest absolute Gasteiger partial charge is 0.321 e. The second-order valence-electron chi connectivity index (χ2n) is 5.76. The average Bonchev–Trinajstić information content (AvgIpc) is 2.67. The van der Waals surface area contributed by atoms with E-state index in [9.17, 15) is 4.79 Å². The van der Waals surface area contributed by atoms with E-state index in [2.05, 4.69) is 22.8 Å². The van der Waals surface area contributed by atoms with E-state index in [0.717, 1.165) is 29.7 Å². The lowest BCUT2D eigenvalue weighted by Crippen LogP contribution is -2.13. The van der Waals surface area contributed by atoms with Gasteiger partial charge in [-0.2, -0.15) is 0 Å². The Kier molecular flexibility index (Phi) is 2.74. The Labute approximate surface area is 118 Å². The third-order valence-electron chi connectivity index (χ3n) is 4.58. The second-order valence-corrected chi connectivity index (χ2v) is 5.76. The van der Waals surface area contributed by atoms with Crippen molar-refractivity contribution in [2.45, 2.75) is 25.2 Å². The molecule has 0 saturated carbocycles. The minimum absolute atomic E-state index is 0.0327. The zero-order chi connectivity index (χ0) is 13.5. The summed E-state index contributed by atoms with van der Waals surface area (Å²) in [5.41, 5.74) is 3.20. The quantitative estimate of drug-likeness (QED) is 0.831. The standard InChI is InChI=1S/C17H18N2O/c20-17-14-7-6-12(11-3-2-9-18-10-8-11)13-4-1-5-15(19-17)16(13)14/h1,4-7,11,18H,2-3,8-10H2,(H,19,20)/t11-/m0/s1. The Morgan fingerprint density at radius 1 is 1.05 bits per heavy atom. The maximum absolute atomic E-state index is 12.0. The molecule has 20 heavy (non-hydrogen) atoms. The minimum Gasteiger partial charge on any atom is -0.321 e. The normalized spacial score (nSPS) is 21.8. The Bertz CT molecular complexity index is 685. The van der Waals surface area contributed by atoms with Crippen LogP contribution >= 0.6 is 0 Å². The van der Waals surface area contributed by atoms with Crippen molar-refractivity contribution in [2.24, 2.45) is 0 Å². The molecule has 102 valence electrons. The highest BCUT2D eigenvalue weighted by Crippen LogP contribution is 2.39. The van der Waals surface area contributed by atoms with Crippen LogP contribution < -0.4 is 10.6 Å². The predicted octanol–water partition coefficient (Wildman–Crippen LogP) is 3.26. The van der Waals surface area contributed by atoms with Crippen LogP contribution in [0.2, 0.25) is 0 Å². The number of carbonyl (C=O) groups is 1. The van der Waals surface area contributed by atoms with Gasteiger partial charge in [0, 0.05) is 16.6 Å². The van der Waals surface area contributed by atoms with E-state index in [4.69, 9.17) is 0 Å². The van der Waals surface area contributed by atoms with Crippen molar-refractivity contribution in [2.75, 3.05) is 18.4 Å². The molecule has 0 aromatic heterocycles. The molecule has 1 fully saturated rings. The summed E-state index contributed by atoms with van der Waals surface area (Å²) in [5.74, 6) is 0.635. The summed E-state index contributed by atoms with van der Waals surface area (Å²) in [6.45, 7) is 2.21. The highest BCUT2D eigenvalue weighted by molar-refractivity contribution is 6.24. The van der Waals surface area contributed by atoms with E-state index in [1.54, 1.807) is 0 Å². The molecule has 1 atom stereocenters. The first-order valence-corrected chi connectivity index (χ1v) is 7.42. The summed E-state index contributed by atoms with van der Waals surface area (Å²) in [6.07, 6.45) is 3.64. The van der Waals surface area contributed by atoms with Gasteiger partial charge in [0.25, 0.3) is 5.91 Å². The lowest BCUT2D eigenvalue weighted by atomic mass is 9.87. The first-order chi connectivity index (χ1) is 9.84. The molecule has 2 heterocycles. The predicted molar refractivity (Wildman–Crippen MR) is 81.4 cm³/mol. The zero-order valence-electron chi connectivity index (χ0n) is 11.4. The molecule has 3 heteroatoms. The fourth-order valence-corrected chi connectivity index (χ4v) is 3.60. The molecule has 1 saturated heterocycles. The van der Waals surface area contributed by atoms with Gasteiger partial charge in [0.15, 0.2) is 0 Å². The molecule has 2 N–H and O–H groups in total.